The topological polar surface area (TPSA) is 106 Å². The molecule has 0 spiro atoms. The van der Waals surface area contributed by atoms with Crippen LogP contribution in [0.4, 0.5) is 4.79 Å². The van der Waals surface area contributed by atoms with Gasteiger partial charge in [0.15, 0.2) is 9.84 Å². The average molecular weight is 436 g/mol. The van der Waals surface area contributed by atoms with E-state index < -0.39 is 39.5 Å². The summed E-state index contributed by atoms with van der Waals surface area (Å²) in [6, 6.07) is 6.48. The molecule has 1 aliphatic rings. The van der Waals surface area contributed by atoms with Crippen molar-refractivity contribution >= 4 is 32.7 Å². The zero-order valence-electron chi connectivity index (χ0n) is 17.8. The number of aromatic nitrogens is 1. The SMILES string of the molecule is Cn1cc(C[C@@H](NC(=O)OC(C)(C)C)C(=O)N[C@@H]2CCS(=O)(=O)C2)c2ccccc21. The van der Waals surface area contributed by atoms with Crippen LogP contribution in [0.15, 0.2) is 30.5 Å². The van der Waals surface area contributed by atoms with E-state index in [0.29, 0.717) is 6.42 Å². The summed E-state index contributed by atoms with van der Waals surface area (Å²) in [6.45, 7) is 5.24. The standard InChI is InChI=1S/C21H29N3O5S/c1-21(2,3)29-20(26)23-17(19(25)22-15-9-10-30(27,28)13-15)11-14-12-24(4)18-8-6-5-7-16(14)18/h5-8,12,15,17H,9-11,13H2,1-4H3,(H,22,25)(H,23,26)/t15-,17-/m1/s1. The number of carbonyl (C=O) groups is 2. The molecule has 164 valence electrons. The number of rotatable bonds is 5. The molecular weight excluding hydrogens is 406 g/mol. The van der Waals surface area contributed by atoms with Gasteiger partial charge < -0.3 is 19.9 Å². The lowest BCUT2D eigenvalue weighted by Gasteiger charge is -2.24. The number of ether oxygens (including phenoxy) is 1. The third-order valence-electron chi connectivity index (χ3n) is 4.99. The summed E-state index contributed by atoms with van der Waals surface area (Å²) in [5.74, 6) is -0.437. The van der Waals surface area contributed by atoms with Crippen LogP contribution in [0.2, 0.25) is 0 Å². The van der Waals surface area contributed by atoms with E-state index in [-0.39, 0.29) is 17.9 Å². The molecule has 0 radical (unpaired) electrons. The van der Waals surface area contributed by atoms with Crippen molar-refractivity contribution in [2.75, 3.05) is 11.5 Å². The van der Waals surface area contributed by atoms with E-state index in [0.717, 1.165) is 16.5 Å². The number of benzene rings is 1. The summed E-state index contributed by atoms with van der Waals surface area (Å²) in [7, 11) is -1.21. The Balaban J connectivity index is 1.81. The van der Waals surface area contributed by atoms with E-state index in [1.165, 1.54) is 0 Å². The summed E-state index contributed by atoms with van der Waals surface area (Å²) >= 11 is 0. The quantitative estimate of drug-likeness (QED) is 0.746. The minimum Gasteiger partial charge on any atom is -0.444 e. The van der Waals surface area contributed by atoms with Gasteiger partial charge in [0.05, 0.1) is 11.5 Å². The third kappa shape index (κ3) is 5.53. The molecule has 30 heavy (non-hydrogen) atoms. The van der Waals surface area contributed by atoms with Crippen LogP contribution in [0, 0.1) is 0 Å². The van der Waals surface area contributed by atoms with Gasteiger partial charge in [0.1, 0.15) is 11.6 Å². The number of aryl methyl sites for hydroxylation is 1. The van der Waals surface area contributed by atoms with Crippen molar-refractivity contribution in [3.05, 3.63) is 36.0 Å². The molecule has 1 fully saturated rings. The molecule has 1 aliphatic heterocycles. The van der Waals surface area contributed by atoms with Crippen molar-refractivity contribution in [3.8, 4) is 0 Å². The number of nitrogens with one attached hydrogen (secondary N) is 2. The molecule has 0 bridgehead atoms. The molecule has 0 saturated carbocycles. The summed E-state index contributed by atoms with van der Waals surface area (Å²) in [5, 5.41) is 6.43. The molecule has 2 heterocycles. The number of amides is 2. The minimum atomic E-state index is -3.13. The van der Waals surface area contributed by atoms with E-state index in [1.54, 1.807) is 20.8 Å². The minimum absolute atomic E-state index is 0.0609. The molecule has 9 heteroatoms. The molecule has 0 unspecified atom stereocenters. The number of hydrogen-bond acceptors (Lipinski definition) is 5. The zero-order chi connectivity index (χ0) is 22.1. The Labute approximate surface area is 176 Å². The number of hydrogen-bond donors (Lipinski definition) is 2. The van der Waals surface area contributed by atoms with Crippen LogP contribution in [-0.4, -0.2) is 54.2 Å². The van der Waals surface area contributed by atoms with Gasteiger partial charge in [0, 0.05) is 36.6 Å². The molecule has 2 atom stereocenters. The maximum absolute atomic E-state index is 13.0. The largest absolute Gasteiger partial charge is 0.444 e. The molecule has 1 aromatic heterocycles. The zero-order valence-corrected chi connectivity index (χ0v) is 18.6. The Kier molecular flexibility index (Phi) is 6.12. The van der Waals surface area contributed by atoms with Gasteiger partial charge in [-0.15, -0.1) is 0 Å². The maximum atomic E-state index is 13.0. The van der Waals surface area contributed by atoms with Gasteiger partial charge in [0.25, 0.3) is 0 Å². The van der Waals surface area contributed by atoms with Crippen LogP contribution in [-0.2, 0) is 32.8 Å². The Bertz CT molecular complexity index is 1050. The van der Waals surface area contributed by atoms with Crippen LogP contribution < -0.4 is 10.6 Å². The molecular formula is C21H29N3O5S. The summed E-state index contributed by atoms with van der Waals surface area (Å²) < 4.78 is 30.7. The Hall–Kier alpha value is -2.55. The molecule has 2 N–H and O–H groups in total. The first kappa shape index (κ1) is 22.1. The van der Waals surface area contributed by atoms with Crippen molar-refractivity contribution in [2.24, 2.45) is 7.05 Å². The highest BCUT2D eigenvalue weighted by molar-refractivity contribution is 7.91. The first-order valence-corrected chi connectivity index (χ1v) is 11.8. The number of fused-ring (bicyclic) bond motifs is 1. The van der Waals surface area contributed by atoms with Crippen LogP contribution >= 0.6 is 0 Å². The first-order chi connectivity index (χ1) is 13.9. The van der Waals surface area contributed by atoms with Gasteiger partial charge >= 0.3 is 6.09 Å². The molecule has 2 amide bonds. The lowest BCUT2D eigenvalue weighted by molar-refractivity contribution is -0.123. The second-order valence-corrected chi connectivity index (χ2v) is 11.0. The fraction of sp³-hybridized carbons (Fsp3) is 0.524. The Morgan fingerprint density at radius 3 is 2.60 bits per heavy atom. The predicted molar refractivity (Wildman–Crippen MR) is 115 cm³/mol. The predicted octanol–water partition coefficient (Wildman–Crippen LogP) is 1.92. The van der Waals surface area contributed by atoms with Gasteiger partial charge in [-0.2, -0.15) is 0 Å². The Morgan fingerprint density at radius 1 is 1.27 bits per heavy atom. The smallest absolute Gasteiger partial charge is 0.408 e. The van der Waals surface area contributed by atoms with Crippen molar-refractivity contribution in [1.82, 2.24) is 15.2 Å². The van der Waals surface area contributed by atoms with Crippen molar-refractivity contribution in [1.29, 1.82) is 0 Å². The van der Waals surface area contributed by atoms with Crippen molar-refractivity contribution in [3.63, 3.8) is 0 Å². The van der Waals surface area contributed by atoms with Gasteiger partial charge in [-0.1, -0.05) is 18.2 Å². The number of nitrogens with zero attached hydrogens (tertiary/aromatic N) is 1. The first-order valence-electron chi connectivity index (χ1n) is 9.97. The van der Waals surface area contributed by atoms with Crippen LogP contribution in [0.1, 0.15) is 32.8 Å². The summed E-state index contributed by atoms with van der Waals surface area (Å²) in [4.78, 5) is 25.3. The monoisotopic (exact) mass is 435 g/mol. The Morgan fingerprint density at radius 2 is 1.97 bits per heavy atom. The van der Waals surface area contributed by atoms with E-state index in [2.05, 4.69) is 10.6 Å². The van der Waals surface area contributed by atoms with E-state index in [4.69, 9.17) is 4.74 Å². The number of para-hydroxylation sites is 1. The van der Waals surface area contributed by atoms with Crippen molar-refractivity contribution < 1.29 is 22.7 Å². The highest BCUT2D eigenvalue weighted by Crippen LogP contribution is 2.22. The molecule has 3 rings (SSSR count). The highest BCUT2D eigenvalue weighted by atomic mass is 32.2. The summed E-state index contributed by atoms with van der Waals surface area (Å²) in [6.07, 6.45) is 1.87. The maximum Gasteiger partial charge on any atom is 0.408 e. The molecule has 1 saturated heterocycles. The number of sulfone groups is 1. The number of alkyl carbamates (subject to hydrolysis) is 1. The fourth-order valence-electron chi connectivity index (χ4n) is 3.68. The lowest BCUT2D eigenvalue weighted by atomic mass is 10.0. The van der Waals surface area contributed by atoms with Crippen LogP contribution in [0.25, 0.3) is 10.9 Å². The molecule has 8 nitrogen and oxygen atoms in total. The van der Waals surface area contributed by atoms with Crippen LogP contribution in [0.5, 0.6) is 0 Å². The molecule has 0 aliphatic carbocycles. The van der Waals surface area contributed by atoms with E-state index >= 15 is 0 Å². The summed E-state index contributed by atoms with van der Waals surface area (Å²) in [5.41, 5.74) is 1.22. The van der Waals surface area contributed by atoms with E-state index in [9.17, 15) is 18.0 Å². The second-order valence-electron chi connectivity index (χ2n) is 8.79. The molecule has 2 aromatic rings. The van der Waals surface area contributed by atoms with Gasteiger partial charge in [-0.05, 0) is 38.8 Å². The van der Waals surface area contributed by atoms with Gasteiger partial charge in [-0.25, -0.2) is 13.2 Å². The molecule has 1 aromatic carbocycles. The lowest BCUT2D eigenvalue weighted by Crippen LogP contribution is -2.51. The van der Waals surface area contributed by atoms with Gasteiger partial charge in [0.2, 0.25) is 5.91 Å². The fourth-order valence-corrected chi connectivity index (χ4v) is 5.35. The number of carbonyl (C=O) groups excluding carboxylic acids is 2. The van der Waals surface area contributed by atoms with Gasteiger partial charge in [-0.3, -0.25) is 4.79 Å². The third-order valence-corrected chi connectivity index (χ3v) is 6.76. The second kappa shape index (κ2) is 8.29. The average Bonchev–Trinajstić information content (AvgIpc) is 3.12. The van der Waals surface area contributed by atoms with Crippen molar-refractivity contribution in [2.45, 2.75) is 51.3 Å². The normalized spacial score (nSPS) is 19.4. The van der Waals surface area contributed by atoms with Crippen LogP contribution in [0.3, 0.4) is 0 Å². The highest BCUT2D eigenvalue weighted by Gasteiger charge is 2.32. The van der Waals surface area contributed by atoms with E-state index in [1.807, 2.05) is 42.1 Å².